The summed E-state index contributed by atoms with van der Waals surface area (Å²) in [5, 5.41) is 0. The molecule has 0 radical (unpaired) electrons. The summed E-state index contributed by atoms with van der Waals surface area (Å²) in [7, 11) is 4.09. The van der Waals surface area contributed by atoms with Gasteiger partial charge in [0.2, 0.25) is 5.95 Å². The number of benzene rings is 1. The van der Waals surface area contributed by atoms with Crippen LogP contribution < -0.4 is 4.90 Å². The van der Waals surface area contributed by atoms with Crippen molar-refractivity contribution in [3.05, 3.63) is 46.7 Å². The molecule has 98 valence electrons. The SMILES string of the molecule is CN(Cc1cc(Br)cn1C)c1nc2ccccc2[nH]1. The molecule has 1 aromatic carbocycles. The lowest BCUT2D eigenvalue weighted by atomic mass is 10.3. The number of aromatic amines is 1. The standard InChI is InChI=1S/C14H15BrN4/c1-18-8-10(15)7-11(18)9-19(2)14-16-12-5-3-4-6-13(12)17-14/h3-8H,9H2,1-2H3,(H,16,17). The topological polar surface area (TPSA) is 36.9 Å². The van der Waals surface area contributed by atoms with Crippen LogP contribution in [-0.2, 0) is 13.6 Å². The van der Waals surface area contributed by atoms with Gasteiger partial charge in [0.15, 0.2) is 0 Å². The second kappa shape index (κ2) is 4.74. The van der Waals surface area contributed by atoms with Gasteiger partial charge in [-0.25, -0.2) is 4.98 Å². The number of fused-ring (bicyclic) bond motifs is 1. The van der Waals surface area contributed by atoms with Crippen LogP contribution in [-0.4, -0.2) is 21.6 Å². The Bertz CT molecular complexity index is 680. The Hall–Kier alpha value is -1.75. The summed E-state index contributed by atoms with van der Waals surface area (Å²) in [6, 6.07) is 10.2. The summed E-state index contributed by atoms with van der Waals surface area (Å²) >= 11 is 3.49. The van der Waals surface area contributed by atoms with Gasteiger partial charge in [0.25, 0.3) is 0 Å². The van der Waals surface area contributed by atoms with E-state index in [0.29, 0.717) is 0 Å². The van der Waals surface area contributed by atoms with Crippen molar-refractivity contribution >= 4 is 32.9 Å². The van der Waals surface area contributed by atoms with E-state index in [0.717, 1.165) is 28.0 Å². The fourth-order valence-electron chi connectivity index (χ4n) is 2.16. The number of aryl methyl sites for hydroxylation is 1. The third-order valence-electron chi connectivity index (χ3n) is 3.21. The summed E-state index contributed by atoms with van der Waals surface area (Å²) in [4.78, 5) is 10.0. The number of anilines is 1. The van der Waals surface area contributed by atoms with Crippen molar-refractivity contribution in [1.29, 1.82) is 0 Å². The fourth-order valence-corrected chi connectivity index (χ4v) is 2.73. The Morgan fingerprint density at radius 1 is 1.37 bits per heavy atom. The van der Waals surface area contributed by atoms with Gasteiger partial charge in [-0.05, 0) is 34.1 Å². The van der Waals surface area contributed by atoms with Gasteiger partial charge < -0.3 is 14.5 Å². The van der Waals surface area contributed by atoms with Crippen LogP contribution in [0.4, 0.5) is 5.95 Å². The molecule has 5 heteroatoms. The minimum atomic E-state index is 0.807. The highest BCUT2D eigenvalue weighted by molar-refractivity contribution is 9.10. The first-order valence-electron chi connectivity index (χ1n) is 6.10. The first kappa shape index (κ1) is 12.3. The van der Waals surface area contributed by atoms with Crippen molar-refractivity contribution in [2.75, 3.05) is 11.9 Å². The van der Waals surface area contributed by atoms with Crippen LogP contribution in [0.25, 0.3) is 11.0 Å². The van der Waals surface area contributed by atoms with Crippen LogP contribution in [0.1, 0.15) is 5.69 Å². The van der Waals surface area contributed by atoms with E-state index in [1.165, 1.54) is 5.69 Å². The molecule has 19 heavy (non-hydrogen) atoms. The van der Waals surface area contributed by atoms with Crippen LogP contribution in [0.15, 0.2) is 41.0 Å². The van der Waals surface area contributed by atoms with Crippen molar-refractivity contribution < 1.29 is 0 Å². The maximum atomic E-state index is 4.59. The zero-order chi connectivity index (χ0) is 13.4. The average Bonchev–Trinajstić information content (AvgIpc) is 2.93. The van der Waals surface area contributed by atoms with Gasteiger partial charge in [0.1, 0.15) is 0 Å². The number of para-hydroxylation sites is 2. The van der Waals surface area contributed by atoms with E-state index in [2.05, 4.69) is 47.6 Å². The highest BCUT2D eigenvalue weighted by atomic mass is 79.9. The van der Waals surface area contributed by atoms with Crippen LogP contribution in [0.5, 0.6) is 0 Å². The summed E-state index contributed by atoms with van der Waals surface area (Å²) in [5.41, 5.74) is 3.30. The largest absolute Gasteiger partial charge is 0.352 e. The number of rotatable bonds is 3. The number of hydrogen-bond acceptors (Lipinski definition) is 2. The van der Waals surface area contributed by atoms with Gasteiger partial charge in [0.05, 0.1) is 17.6 Å². The number of halogens is 1. The molecular formula is C14H15BrN4. The summed E-state index contributed by atoms with van der Waals surface area (Å²) in [5.74, 6) is 0.888. The lowest BCUT2D eigenvalue weighted by molar-refractivity contribution is 0.778. The summed E-state index contributed by atoms with van der Waals surface area (Å²) < 4.78 is 3.21. The molecule has 0 unspecified atom stereocenters. The Morgan fingerprint density at radius 2 is 2.16 bits per heavy atom. The van der Waals surface area contributed by atoms with E-state index >= 15 is 0 Å². The third kappa shape index (κ3) is 2.38. The molecule has 0 atom stereocenters. The monoisotopic (exact) mass is 318 g/mol. The molecule has 0 aliphatic rings. The third-order valence-corrected chi connectivity index (χ3v) is 3.65. The van der Waals surface area contributed by atoms with Crippen LogP contribution in [0, 0.1) is 0 Å². The van der Waals surface area contributed by atoms with Crippen molar-refractivity contribution in [1.82, 2.24) is 14.5 Å². The maximum absolute atomic E-state index is 4.59. The molecule has 2 aromatic heterocycles. The van der Waals surface area contributed by atoms with E-state index in [1.54, 1.807) is 0 Å². The van der Waals surface area contributed by atoms with Crippen molar-refractivity contribution in [3.63, 3.8) is 0 Å². The smallest absolute Gasteiger partial charge is 0.203 e. The van der Waals surface area contributed by atoms with Gasteiger partial charge in [-0.2, -0.15) is 0 Å². The molecular weight excluding hydrogens is 304 g/mol. The molecule has 0 saturated heterocycles. The predicted molar refractivity (Wildman–Crippen MR) is 81.3 cm³/mol. The highest BCUT2D eigenvalue weighted by Gasteiger charge is 2.10. The number of hydrogen-bond donors (Lipinski definition) is 1. The zero-order valence-electron chi connectivity index (χ0n) is 10.9. The molecule has 3 aromatic rings. The van der Waals surface area contributed by atoms with Gasteiger partial charge >= 0.3 is 0 Å². The first-order chi connectivity index (χ1) is 9.13. The Labute approximate surface area is 120 Å². The van der Waals surface area contributed by atoms with Crippen LogP contribution >= 0.6 is 15.9 Å². The fraction of sp³-hybridized carbons (Fsp3) is 0.214. The quantitative estimate of drug-likeness (QED) is 0.804. The number of nitrogens with one attached hydrogen (secondary N) is 1. The number of nitrogens with zero attached hydrogens (tertiary/aromatic N) is 3. The lowest BCUT2D eigenvalue weighted by Gasteiger charge is -2.16. The van der Waals surface area contributed by atoms with Gasteiger partial charge in [0, 0.05) is 30.5 Å². The molecule has 1 N–H and O–H groups in total. The maximum Gasteiger partial charge on any atom is 0.203 e. The predicted octanol–water partition coefficient (Wildman–Crippen LogP) is 3.30. The van der Waals surface area contributed by atoms with Crippen molar-refractivity contribution in [2.24, 2.45) is 7.05 Å². The van der Waals surface area contributed by atoms with Crippen LogP contribution in [0.2, 0.25) is 0 Å². The average molecular weight is 319 g/mol. The number of aromatic nitrogens is 3. The van der Waals surface area contributed by atoms with Crippen molar-refractivity contribution in [3.8, 4) is 0 Å². The van der Waals surface area contributed by atoms with Crippen molar-refractivity contribution in [2.45, 2.75) is 6.54 Å². The van der Waals surface area contributed by atoms with E-state index in [1.807, 2.05) is 38.4 Å². The molecule has 0 fully saturated rings. The second-order valence-corrected chi connectivity index (χ2v) is 5.61. The first-order valence-corrected chi connectivity index (χ1v) is 6.89. The molecule has 0 spiro atoms. The molecule has 0 amide bonds. The molecule has 3 rings (SSSR count). The second-order valence-electron chi connectivity index (χ2n) is 4.69. The molecule has 0 saturated carbocycles. The van der Waals surface area contributed by atoms with E-state index in [4.69, 9.17) is 0 Å². The molecule has 0 aliphatic heterocycles. The Balaban J connectivity index is 1.87. The van der Waals surface area contributed by atoms with E-state index < -0.39 is 0 Å². The Kier molecular flexibility index (Phi) is 3.06. The summed E-state index contributed by atoms with van der Waals surface area (Å²) in [6.45, 7) is 0.807. The molecule has 2 heterocycles. The molecule has 4 nitrogen and oxygen atoms in total. The Morgan fingerprint density at radius 3 is 2.84 bits per heavy atom. The van der Waals surface area contributed by atoms with Gasteiger partial charge in [-0.15, -0.1) is 0 Å². The number of imidazole rings is 1. The highest BCUT2D eigenvalue weighted by Crippen LogP contribution is 2.19. The normalized spacial score (nSPS) is 11.1. The molecule has 0 aliphatic carbocycles. The molecule has 0 bridgehead atoms. The van der Waals surface area contributed by atoms with E-state index in [-0.39, 0.29) is 0 Å². The lowest BCUT2D eigenvalue weighted by Crippen LogP contribution is -2.19. The van der Waals surface area contributed by atoms with Gasteiger partial charge in [-0.3, -0.25) is 0 Å². The van der Waals surface area contributed by atoms with Gasteiger partial charge in [-0.1, -0.05) is 12.1 Å². The minimum Gasteiger partial charge on any atom is -0.352 e. The minimum absolute atomic E-state index is 0.807. The summed E-state index contributed by atoms with van der Waals surface area (Å²) in [6.07, 6.45) is 2.06. The number of H-pyrrole nitrogens is 1. The zero-order valence-corrected chi connectivity index (χ0v) is 12.5. The van der Waals surface area contributed by atoms with E-state index in [9.17, 15) is 0 Å². The van der Waals surface area contributed by atoms with Crippen LogP contribution in [0.3, 0.4) is 0 Å².